The lowest BCUT2D eigenvalue weighted by Gasteiger charge is -2.19. The van der Waals surface area contributed by atoms with Crippen LogP contribution in [-0.4, -0.2) is 22.9 Å². The highest BCUT2D eigenvalue weighted by atomic mass is 32.2. The Morgan fingerprint density at radius 1 is 0.721 bits per heavy atom. The molecule has 0 bridgehead atoms. The fraction of sp³-hybridized carbons (Fsp3) is 0.0606. The summed E-state index contributed by atoms with van der Waals surface area (Å²) in [5, 5.41) is 14.9. The third kappa shape index (κ3) is 6.70. The highest BCUT2D eigenvalue weighted by Gasteiger charge is 2.34. The maximum absolute atomic E-state index is 13.6. The van der Waals surface area contributed by atoms with E-state index < -0.39 is 34.8 Å². The van der Waals surface area contributed by atoms with Gasteiger partial charge in [-0.2, -0.15) is 13.2 Å². The molecule has 216 valence electrons. The number of carboxylic acid groups (broad SMARTS) is 1. The average molecular weight is 601 g/mol. The van der Waals surface area contributed by atoms with E-state index in [1.165, 1.54) is 30.3 Å². The molecule has 5 aromatic rings. The first-order valence-corrected chi connectivity index (χ1v) is 13.8. The highest BCUT2D eigenvalue weighted by Crippen LogP contribution is 2.39. The number of carbonyl (C=O) groups excluding carboxylic acids is 2. The molecule has 0 saturated carbocycles. The lowest BCUT2D eigenvalue weighted by atomic mass is 9.98. The van der Waals surface area contributed by atoms with Crippen molar-refractivity contribution >= 4 is 51.7 Å². The van der Waals surface area contributed by atoms with Crippen LogP contribution in [0.3, 0.4) is 0 Å². The molecule has 2 amide bonds. The highest BCUT2D eigenvalue weighted by molar-refractivity contribution is 8.00. The van der Waals surface area contributed by atoms with Gasteiger partial charge in [0, 0.05) is 21.5 Å². The number of thioether (sulfide) groups is 1. The predicted octanol–water partition coefficient (Wildman–Crippen LogP) is 8.28. The fourth-order valence-corrected chi connectivity index (χ4v) is 5.71. The molecular formula is C33H23F3N2O4S. The summed E-state index contributed by atoms with van der Waals surface area (Å²) < 4.78 is 40.7. The first-order valence-electron chi connectivity index (χ1n) is 13.0. The van der Waals surface area contributed by atoms with Gasteiger partial charge in [0.15, 0.2) is 0 Å². The monoisotopic (exact) mass is 600 g/mol. The maximum atomic E-state index is 13.6. The standard InChI is InChI=1S/C33H23F3N2O4S/c34-33(35,36)26-17-4-5-18-27(26)38-31(40)29(21-9-2-1-3-10-21)43-23-14-8-13-22(19-23)37-30(39)24-15-6-11-20-12-7-16-25(28(20)24)32(41)42/h1-19,29H,(H,37,39)(H,38,40)(H,41,42). The molecule has 0 saturated heterocycles. The van der Waals surface area contributed by atoms with Crippen LogP contribution in [0, 0.1) is 0 Å². The van der Waals surface area contributed by atoms with Crippen molar-refractivity contribution in [2.24, 2.45) is 0 Å². The summed E-state index contributed by atoms with van der Waals surface area (Å²) >= 11 is 1.11. The van der Waals surface area contributed by atoms with Crippen molar-refractivity contribution in [1.82, 2.24) is 0 Å². The van der Waals surface area contributed by atoms with Crippen molar-refractivity contribution < 1.29 is 32.7 Å². The zero-order chi connectivity index (χ0) is 30.6. The van der Waals surface area contributed by atoms with Gasteiger partial charge >= 0.3 is 12.1 Å². The number of nitrogens with one attached hydrogen (secondary N) is 2. The van der Waals surface area contributed by atoms with Crippen LogP contribution in [0.25, 0.3) is 10.8 Å². The van der Waals surface area contributed by atoms with E-state index in [0.29, 0.717) is 26.9 Å². The van der Waals surface area contributed by atoms with Crippen LogP contribution in [0.5, 0.6) is 0 Å². The van der Waals surface area contributed by atoms with Crippen molar-refractivity contribution in [2.45, 2.75) is 16.3 Å². The van der Waals surface area contributed by atoms with Gasteiger partial charge in [0.2, 0.25) is 5.91 Å². The summed E-state index contributed by atoms with van der Waals surface area (Å²) in [5.41, 5.74) is -0.173. The van der Waals surface area contributed by atoms with Crippen molar-refractivity contribution in [2.75, 3.05) is 10.6 Å². The van der Waals surface area contributed by atoms with Crippen LogP contribution in [0.4, 0.5) is 24.5 Å². The van der Waals surface area contributed by atoms with Gasteiger partial charge in [-0.3, -0.25) is 9.59 Å². The van der Waals surface area contributed by atoms with Gasteiger partial charge in [0.25, 0.3) is 5.91 Å². The molecule has 3 N–H and O–H groups in total. The number of hydrogen-bond acceptors (Lipinski definition) is 4. The van der Waals surface area contributed by atoms with Crippen LogP contribution in [0.15, 0.2) is 120 Å². The quantitative estimate of drug-likeness (QED) is 0.156. The number of aromatic carboxylic acids is 1. The molecule has 0 aliphatic heterocycles. The van der Waals surface area contributed by atoms with Gasteiger partial charge in [-0.1, -0.05) is 72.8 Å². The molecule has 10 heteroatoms. The van der Waals surface area contributed by atoms with Crippen molar-refractivity contribution in [3.05, 3.63) is 138 Å². The second-order valence-electron chi connectivity index (χ2n) is 9.44. The van der Waals surface area contributed by atoms with Crippen molar-refractivity contribution in [3.63, 3.8) is 0 Å². The Bertz CT molecular complexity index is 1820. The van der Waals surface area contributed by atoms with Crippen LogP contribution in [-0.2, 0) is 11.0 Å². The lowest BCUT2D eigenvalue weighted by Crippen LogP contribution is -2.21. The molecule has 0 fully saturated rings. The molecule has 0 aromatic heterocycles. The lowest BCUT2D eigenvalue weighted by molar-refractivity contribution is -0.137. The van der Waals surface area contributed by atoms with Crippen LogP contribution in [0.1, 0.15) is 37.1 Å². The van der Waals surface area contributed by atoms with E-state index in [1.54, 1.807) is 78.9 Å². The molecule has 0 heterocycles. The topological polar surface area (TPSA) is 95.5 Å². The van der Waals surface area contributed by atoms with Gasteiger partial charge in [0.05, 0.1) is 16.8 Å². The molecule has 43 heavy (non-hydrogen) atoms. The Morgan fingerprint density at radius 2 is 1.37 bits per heavy atom. The average Bonchev–Trinajstić information content (AvgIpc) is 2.99. The summed E-state index contributed by atoms with van der Waals surface area (Å²) in [7, 11) is 0. The Balaban J connectivity index is 1.42. The zero-order valence-electron chi connectivity index (χ0n) is 22.3. The molecular weight excluding hydrogens is 577 g/mol. The van der Waals surface area contributed by atoms with Gasteiger partial charge < -0.3 is 15.7 Å². The second-order valence-corrected chi connectivity index (χ2v) is 10.6. The minimum absolute atomic E-state index is 0.00336. The molecule has 5 rings (SSSR count). The third-order valence-corrected chi connectivity index (χ3v) is 7.80. The first kappa shape index (κ1) is 29.4. The van der Waals surface area contributed by atoms with E-state index in [9.17, 15) is 32.7 Å². The summed E-state index contributed by atoms with van der Waals surface area (Å²) in [6, 6.07) is 29.8. The minimum atomic E-state index is -4.65. The smallest absolute Gasteiger partial charge is 0.418 e. The number of rotatable bonds is 8. The molecule has 1 unspecified atom stereocenters. The second kappa shape index (κ2) is 12.4. The number of hydrogen-bond donors (Lipinski definition) is 3. The molecule has 0 spiro atoms. The summed E-state index contributed by atoms with van der Waals surface area (Å²) in [4.78, 5) is 39.1. The van der Waals surface area contributed by atoms with Crippen molar-refractivity contribution in [3.8, 4) is 0 Å². The number of carbonyl (C=O) groups is 3. The van der Waals surface area contributed by atoms with E-state index in [4.69, 9.17) is 0 Å². The van der Waals surface area contributed by atoms with Gasteiger partial charge in [-0.05, 0) is 53.4 Å². The SMILES string of the molecule is O=C(O)c1cccc2cccc(C(=O)Nc3cccc(SC(C(=O)Nc4ccccc4C(F)(F)F)c4ccccc4)c3)c12. The van der Waals surface area contributed by atoms with Crippen LogP contribution < -0.4 is 10.6 Å². The van der Waals surface area contributed by atoms with E-state index >= 15 is 0 Å². The van der Waals surface area contributed by atoms with Crippen LogP contribution >= 0.6 is 11.8 Å². The number of carboxylic acids is 1. The summed E-state index contributed by atoms with van der Waals surface area (Å²) in [6.45, 7) is 0. The summed E-state index contributed by atoms with van der Waals surface area (Å²) in [6.07, 6.45) is -4.65. The first-order chi connectivity index (χ1) is 20.6. The summed E-state index contributed by atoms with van der Waals surface area (Å²) in [5.74, 6) is -2.34. The van der Waals surface area contributed by atoms with Gasteiger partial charge in [0.1, 0.15) is 5.25 Å². The van der Waals surface area contributed by atoms with E-state index in [-0.39, 0.29) is 16.8 Å². The number of anilines is 2. The Labute approximate surface area is 248 Å². The van der Waals surface area contributed by atoms with E-state index in [2.05, 4.69) is 10.6 Å². The minimum Gasteiger partial charge on any atom is -0.478 e. The number of halogens is 3. The predicted molar refractivity (Wildman–Crippen MR) is 160 cm³/mol. The Kier molecular flexibility index (Phi) is 8.49. The van der Waals surface area contributed by atoms with E-state index in [1.807, 2.05) is 0 Å². The maximum Gasteiger partial charge on any atom is 0.418 e. The molecule has 0 radical (unpaired) electrons. The molecule has 1 atom stereocenters. The normalized spacial score (nSPS) is 12.0. The van der Waals surface area contributed by atoms with Crippen molar-refractivity contribution in [1.29, 1.82) is 0 Å². The molecule has 5 aromatic carbocycles. The number of alkyl halides is 3. The third-order valence-electron chi connectivity index (χ3n) is 6.56. The molecule has 0 aliphatic carbocycles. The number of fused-ring (bicyclic) bond motifs is 1. The van der Waals surface area contributed by atoms with Gasteiger partial charge in [-0.15, -0.1) is 11.8 Å². The van der Waals surface area contributed by atoms with Crippen LogP contribution in [0.2, 0.25) is 0 Å². The number of benzene rings is 5. The number of para-hydroxylation sites is 1. The Hall–Kier alpha value is -5.09. The van der Waals surface area contributed by atoms with Gasteiger partial charge in [-0.25, -0.2) is 4.79 Å². The van der Waals surface area contributed by atoms with E-state index in [0.717, 1.165) is 17.8 Å². The largest absolute Gasteiger partial charge is 0.478 e. The fourth-order valence-electron chi connectivity index (χ4n) is 4.63. The molecule has 6 nitrogen and oxygen atoms in total. The zero-order valence-corrected chi connectivity index (χ0v) is 23.1. The number of amides is 2. The molecule has 0 aliphatic rings. The Morgan fingerprint density at radius 3 is 2.07 bits per heavy atom.